The van der Waals surface area contributed by atoms with E-state index in [1.807, 2.05) is 0 Å². The van der Waals surface area contributed by atoms with E-state index in [2.05, 4.69) is 26.1 Å². The van der Waals surface area contributed by atoms with Gasteiger partial charge in [0, 0.05) is 5.54 Å². The van der Waals surface area contributed by atoms with Crippen molar-refractivity contribution >= 4 is 0 Å². The second-order valence-corrected chi connectivity index (χ2v) is 6.21. The van der Waals surface area contributed by atoms with Crippen molar-refractivity contribution in [1.82, 2.24) is 5.32 Å². The molecule has 17 heavy (non-hydrogen) atoms. The third-order valence-electron chi connectivity index (χ3n) is 4.61. The van der Waals surface area contributed by atoms with E-state index < -0.39 is 0 Å². The Morgan fingerprint density at radius 1 is 1.00 bits per heavy atom. The number of hydrogen-bond acceptors (Lipinski definition) is 1. The summed E-state index contributed by atoms with van der Waals surface area (Å²) in [6.07, 6.45) is 14.1. The molecule has 1 unspecified atom stereocenters. The lowest BCUT2D eigenvalue weighted by atomic mass is 9.78. The molecule has 1 aliphatic heterocycles. The minimum absolute atomic E-state index is 0.461. The summed E-state index contributed by atoms with van der Waals surface area (Å²) in [5.74, 6) is 0.784. The summed E-state index contributed by atoms with van der Waals surface area (Å²) in [7, 11) is 0. The molecular formula is C16H33N. The average molecular weight is 239 g/mol. The van der Waals surface area contributed by atoms with Crippen molar-refractivity contribution in [2.24, 2.45) is 5.92 Å². The summed E-state index contributed by atoms with van der Waals surface area (Å²) < 4.78 is 0. The van der Waals surface area contributed by atoms with Crippen LogP contribution in [0.4, 0.5) is 0 Å². The Hall–Kier alpha value is -0.0400. The van der Waals surface area contributed by atoms with Crippen LogP contribution in [0.25, 0.3) is 0 Å². The molecule has 0 aliphatic carbocycles. The van der Waals surface area contributed by atoms with Crippen molar-refractivity contribution in [1.29, 1.82) is 0 Å². The van der Waals surface area contributed by atoms with Crippen LogP contribution in [-0.4, -0.2) is 12.1 Å². The lowest BCUT2D eigenvalue weighted by Gasteiger charge is -2.38. The van der Waals surface area contributed by atoms with E-state index in [0.717, 1.165) is 5.92 Å². The SMILES string of the molecule is CCCCCCCC1(C(C)C)CCCCCN1. The van der Waals surface area contributed by atoms with Crippen molar-refractivity contribution < 1.29 is 0 Å². The van der Waals surface area contributed by atoms with Crippen LogP contribution in [-0.2, 0) is 0 Å². The highest BCUT2D eigenvalue weighted by molar-refractivity contribution is 4.92. The second-order valence-electron chi connectivity index (χ2n) is 6.21. The summed E-state index contributed by atoms with van der Waals surface area (Å²) >= 11 is 0. The van der Waals surface area contributed by atoms with Crippen LogP contribution in [0.5, 0.6) is 0 Å². The van der Waals surface area contributed by atoms with Gasteiger partial charge in [-0.15, -0.1) is 0 Å². The molecule has 0 spiro atoms. The maximum Gasteiger partial charge on any atom is 0.0204 e. The predicted octanol–water partition coefficient (Wildman–Crippen LogP) is 4.91. The molecule has 102 valence electrons. The fourth-order valence-electron chi connectivity index (χ4n) is 3.21. The summed E-state index contributed by atoms with van der Waals surface area (Å²) in [4.78, 5) is 0. The van der Waals surface area contributed by atoms with Crippen LogP contribution < -0.4 is 5.32 Å². The van der Waals surface area contributed by atoms with Crippen LogP contribution in [0.1, 0.15) is 85.0 Å². The van der Waals surface area contributed by atoms with Crippen LogP contribution >= 0.6 is 0 Å². The van der Waals surface area contributed by atoms with E-state index in [0.29, 0.717) is 5.54 Å². The Labute approximate surface area is 109 Å². The maximum atomic E-state index is 3.89. The van der Waals surface area contributed by atoms with Gasteiger partial charge in [0.15, 0.2) is 0 Å². The standard InChI is InChI=1S/C16H33N/c1-4-5-6-7-9-12-16(15(2)3)13-10-8-11-14-17-16/h15,17H,4-14H2,1-3H3. The summed E-state index contributed by atoms with van der Waals surface area (Å²) in [6, 6.07) is 0. The molecule has 0 bridgehead atoms. The van der Waals surface area contributed by atoms with E-state index in [4.69, 9.17) is 0 Å². The Morgan fingerprint density at radius 3 is 2.47 bits per heavy atom. The van der Waals surface area contributed by atoms with Crippen molar-refractivity contribution in [3.63, 3.8) is 0 Å². The van der Waals surface area contributed by atoms with Gasteiger partial charge in [0.1, 0.15) is 0 Å². The van der Waals surface area contributed by atoms with Gasteiger partial charge in [0.25, 0.3) is 0 Å². The molecule has 0 aromatic heterocycles. The monoisotopic (exact) mass is 239 g/mol. The largest absolute Gasteiger partial charge is 0.311 e. The van der Waals surface area contributed by atoms with E-state index in [-0.39, 0.29) is 0 Å². The molecule has 1 N–H and O–H groups in total. The fourth-order valence-corrected chi connectivity index (χ4v) is 3.21. The Morgan fingerprint density at radius 2 is 1.76 bits per heavy atom. The molecular weight excluding hydrogens is 206 g/mol. The van der Waals surface area contributed by atoms with Crippen LogP contribution in [0, 0.1) is 5.92 Å². The van der Waals surface area contributed by atoms with Crippen LogP contribution in [0.3, 0.4) is 0 Å². The highest BCUT2D eigenvalue weighted by Crippen LogP contribution is 2.31. The zero-order chi connectivity index (χ0) is 12.6. The zero-order valence-electron chi connectivity index (χ0n) is 12.4. The maximum absolute atomic E-state index is 3.89. The third-order valence-corrected chi connectivity index (χ3v) is 4.61. The van der Waals surface area contributed by atoms with Gasteiger partial charge in [-0.25, -0.2) is 0 Å². The van der Waals surface area contributed by atoms with Crippen LogP contribution in [0.15, 0.2) is 0 Å². The van der Waals surface area contributed by atoms with E-state index in [9.17, 15) is 0 Å². The Balaban J connectivity index is 2.35. The predicted molar refractivity (Wildman–Crippen MR) is 77.4 cm³/mol. The normalized spacial score (nSPS) is 26.1. The first-order valence-corrected chi connectivity index (χ1v) is 7.96. The van der Waals surface area contributed by atoms with Gasteiger partial charge in [-0.1, -0.05) is 65.7 Å². The highest BCUT2D eigenvalue weighted by Gasteiger charge is 2.32. The van der Waals surface area contributed by atoms with Gasteiger partial charge in [-0.3, -0.25) is 0 Å². The smallest absolute Gasteiger partial charge is 0.0204 e. The molecule has 0 radical (unpaired) electrons. The number of unbranched alkanes of at least 4 members (excludes halogenated alkanes) is 4. The zero-order valence-corrected chi connectivity index (χ0v) is 12.4. The molecule has 1 saturated heterocycles. The van der Waals surface area contributed by atoms with Crippen LogP contribution in [0.2, 0.25) is 0 Å². The second kappa shape index (κ2) is 8.13. The number of rotatable bonds is 7. The lowest BCUT2D eigenvalue weighted by Crippen LogP contribution is -2.49. The minimum Gasteiger partial charge on any atom is -0.311 e. The van der Waals surface area contributed by atoms with E-state index in [1.54, 1.807) is 0 Å². The molecule has 0 saturated carbocycles. The fraction of sp³-hybridized carbons (Fsp3) is 1.00. The summed E-state index contributed by atoms with van der Waals surface area (Å²) in [5.41, 5.74) is 0.461. The molecule has 1 rings (SSSR count). The Bertz CT molecular complexity index is 178. The van der Waals surface area contributed by atoms with E-state index >= 15 is 0 Å². The van der Waals surface area contributed by atoms with Crippen molar-refractivity contribution in [3.05, 3.63) is 0 Å². The molecule has 1 atom stereocenters. The molecule has 1 fully saturated rings. The number of nitrogens with one attached hydrogen (secondary N) is 1. The van der Waals surface area contributed by atoms with E-state index in [1.165, 1.54) is 70.8 Å². The van der Waals surface area contributed by atoms with Crippen molar-refractivity contribution in [2.45, 2.75) is 90.5 Å². The molecule has 1 aliphatic rings. The van der Waals surface area contributed by atoms with Gasteiger partial charge >= 0.3 is 0 Å². The molecule has 1 heteroatoms. The molecule has 1 nitrogen and oxygen atoms in total. The summed E-state index contributed by atoms with van der Waals surface area (Å²) in [5, 5.41) is 3.89. The van der Waals surface area contributed by atoms with Gasteiger partial charge in [-0.05, 0) is 31.7 Å². The van der Waals surface area contributed by atoms with Gasteiger partial charge < -0.3 is 5.32 Å². The highest BCUT2D eigenvalue weighted by atomic mass is 15.0. The molecule has 0 amide bonds. The first-order chi connectivity index (χ1) is 8.21. The Kier molecular flexibility index (Phi) is 7.18. The molecule has 0 aromatic carbocycles. The first kappa shape index (κ1) is 15.0. The van der Waals surface area contributed by atoms with Gasteiger partial charge in [0.05, 0.1) is 0 Å². The molecule has 0 aromatic rings. The van der Waals surface area contributed by atoms with Gasteiger partial charge in [-0.2, -0.15) is 0 Å². The molecule has 1 heterocycles. The summed E-state index contributed by atoms with van der Waals surface area (Å²) in [6.45, 7) is 8.35. The topological polar surface area (TPSA) is 12.0 Å². The first-order valence-electron chi connectivity index (χ1n) is 7.96. The number of hydrogen-bond donors (Lipinski definition) is 1. The lowest BCUT2D eigenvalue weighted by molar-refractivity contribution is 0.204. The third kappa shape index (κ3) is 4.99. The average Bonchev–Trinajstić information content (AvgIpc) is 2.55. The quantitative estimate of drug-likeness (QED) is 0.623. The van der Waals surface area contributed by atoms with Gasteiger partial charge in [0.2, 0.25) is 0 Å². The van der Waals surface area contributed by atoms with Crippen molar-refractivity contribution in [2.75, 3.05) is 6.54 Å². The van der Waals surface area contributed by atoms with Crippen molar-refractivity contribution in [3.8, 4) is 0 Å². The minimum atomic E-state index is 0.461.